The van der Waals surface area contributed by atoms with E-state index in [1.54, 1.807) is 6.08 Å². The molecule has 1 rings (SSSR count). The van der Waals surface area contributed by atoms with Crippen LogP contribution in [0.5, 0.6) is 0 Å². The fourth-order valence-corrected chi connectivity index (χ4v) is 4.72. The van der Waals surface area contributed by atoms with Crippen molar-refractivity contribution in [3.05, 3.63) is 12.2 Å². The van der Waals surface area contributed by atoms with Crippen molar-refractivity contribution in [2.24, 2.45) is 11.8 Å². The van der Waals surface area contributed by atoms with Gasteiger partial charge in [-0.2, -0.15) is 11.8 Å². The van der Waals surface area contributed by atoms with Crippen LogP contribution in [0.4, 0.5) is 0 Å². The first kappa shape index (κ1) is 20.6. The summed E-state index contributed by atoms with van der Waals surface area (Å²) in [5.41, 5.74) is 0. The fraction of sp³-hybridized carbons (Fsp3) is 0.842. The van der Waals surface area contributed by atoms with Crippen LogP contribution in [0.1, 0.15) is 64.7 Å². The van der Waals surface area contributed by atoms with Gasteiger partial charge in [0.1, 0.15) is 0 Å². The largest absolute Gasteiger partial charge is 0.478 e. The average molecular weight is 343 g/mol. The molecule has 1 fully saturated rings. The van der Waals surface area contributed by atoms with Crippen molar-refractivity contribution in [3.63, 3.8) is 0 Å². The van der Waals surface area contributed by atoms with Gasteiger partial charge in [-0.15, -0.1) is 0 Å². The number of hydrogen-bond donors (Lipinski definition) is 1. The molecule has 0 aromatic heterocycles. The molecule has 1 aliphatic heterocycles. The van der Waals surface area contributed by atoms with Gasteiger partial charge >= 0.3 is 5.97 Å². The molecule has 2 atom stereocenters. The normalized spacial score (nSPS) is 21.3. The minimum atomic E-state index is -0.841. The third kappa shape index (κ3) is 10.8. The van der Waals surface area contributed by atoms with Crippen molar-refractivity contribution in [1.82, 2.24) is 0 Å². The number of carboxylic acids is 1. The van der Waals surface area contributed by atoms with Crippen LogP contribution >= 0.6 is 11.8 Å². The molecule has 1 saturated heterocycles. The highest BCUT2D eigenvalue weighted by atomic mass is 32.2. The van der Waals surface area contributed by atoms with E-state index in [0.717, 1.165) is 37.9 Å². The first-order valence-corrected chi connectivity index (χ1v) is 10.4. The van der Waals surface area contributed by atoms with Gasteiger partial charge in [0.05, 0.1) is 0 Å². The van der Waals surface area contributed by atoms with Crippen molar-refractivity contribution < 1.29 is 14.6 Å². The van der Waals surface area contributed by atoms with Crippen LogP contribution in [0, 0.1) is 11.8 Å². The molecule has 1 heterocycles. The van der Waals surface area contributed by atoms with Gasteiger partial charge in [-0.25, -0.2) is 4.79 Å². The lowest BCUT2D eigenvalue weighted by molar-refractivity contribution is -0.131. The van der Waals surface area contributed by atoms with E-state index in [9.17, 15) is 4.79 Å². The first-order valence-electron chi connectivity index (χ1n) is 9.29. The minimum Gasteiger partial charge on any atom is -0.478 e. The zero-order valence-corrected chi connectivity index (χ0v) is 15.5. The Bertz CT molecular complexity index is 331. The number of allylic oxidation sites excluding steroid dienone is 1. The topological polar surface area (TPSA) is 46.5 Å². The Labute approximate surface area is 146 Å². The lowest BCUT2D eigenvalue weighted by Gasteiger charge is -2.18. The zero-order valence-electron chi connectivity index (χ0n) is 14.7. The molecule has 0 amide bonds. The predicted octanol–water partition coefficient (Wildman–Crippen LogP) is 5.15. The second-order valence-corrected chi connectivity index (χ2v) is 7.62. The smallest absolute Gasteiger partial charge is 0.327 e. The summed E-state index contributed by atoms with van der Waals surface area (Å²) in [6, 6.07) is 0. The highest BCUT2D eigenvalue weighted by molar-refractivity contribution is 7.99. The van der Waals surface area contributed by atoms with E-state index in [0.29, 0.717) is 0 Å². The van der Waals surface area contributed by atoms with Crippen molar-refractivity contribution in [2.75, 3.05) is 24.7 Å². The molecule has 1 N–H and O–H groups in total. The molecule has 0 spiro atoms. The molecular formula is C19H34O3S. The monoisotopic (exact) mass is 342 g/mol. The molecule has 4 heteroatoms. The molecule has 23 heavy (non-hydrogen) atoms. The summed E-state index contributed by atoms with van der Waals surface area (Å²) in [7, 11) is 0. The van der Waals surface area contributed by atoms with Crippen molar-refractivity contribution in [1.29, 1.82) is 0 Å². The van der Waals surface area contributed by atoms with Crippen LogP contribution < -0.4 is 0 Å². The van der Waals surface area contributed by atoms with Crippen LogP contribution in [0.25, 0.3) is 0 Å². The second kappa shape index (κ2) is 13.9. The molecule has 0 bridgehead atoms. The summed E-state index contributed by atoms with van der Waals surface area (Å²) in [4.78, 5) is 10.4. The quantitative estimate of drug-likeness (QED) is 0.350. The number of carboxylic acid groups (broad SMARTS) is 1. The van der Waals surface area contributed by atoms with E-state index in [2.05, 4.69) is 18.7 Å². The number of hydrogen-bond acceptors (Lipinski definition) is 3. The molecular weight excluding hydrogens is 308 g/mol. The maximum absolute atomic E-state index is 10.4. The lowest BCUT2D eigenvalue weighted by Crippen LogP contribution is -2.15. The Morgan fingerprint density at radius 2 is 1.87 bits per heavy atom. The predicted molar refractivity (Wildman–Crippen MR) is 99.1 cm³/mol. The van der Waals surface area contributed by atoms with Gasteiger partial charge < -0.3 is 9.84 Å². The van der Waals surface area contributed by atoms with E-state index in [1.165, 1.54) is 62.5 Å². The van der Waals surface area contributed by atoms with Crippen LogP contribution in [0.2, 0.25) is 0 Å². The molecule has 0 aromatic rings. The molecule has 134 valence electrons. The van der Waals surface area contributed by atoms with Crippen molar-refractivity contribution >= 4 is 17.7 Å². The van der Waals surface area contributed by atoms with E-state index in [-0.39, 0.29) is 0 Å². The van der Waals surface area contributed by atoms with Crippen LogP contribution in [-0.2, 0) is 9.53 Å². The molecule has 0 saturated carbocycles. The van der Waals surface area contributed by atoms with E-state index >= 15 is 0 Å². The Morgan fingerprint density at radius 1 is 1.09 bits per heavy atom. The van der Waals surface area contributed by atoms with Gasteiger partial charge in [-0.3, -0.25) is 0 Å². The summed E-state index contributed by atoms with van der Waals surface area (Å²) in [5.74, 6) is 3.42. The number of rotatable bonds is 14. The van der Waals surface area contributed by atoms with Gasteiger partial charge in [-0.1, -0.05) is 38.7 Å². The summed E-state index contributed by atoms with van der Waals surface area (Å²) < 4.78 is 5.80. The number of carbonyl (C=O) groups is 1. The van der Waals surface area contributed by atoms with Crippen LogP contribution in [0.3, 0.4) is 0 Å². The van der Waals surface area contributed by atoms with Gasteiger partial charge in [0.2, 0.25) is 0 Å². The molecule has 0 radical (unpaired) electrons. The van der Waals surface area contributed by atoms with E-state index in [4.69, 9.17) is 9.84 Å². The van der Waals surface area contributed by atoms with Gasteiger partial charge in [0.25, 0.3) is 0 Å². The molecule has 3 nitrogen and oxygen atoms in total. The highest BCUT2D eigenvalue weighted by Gasteiger charge is 2.26. The highest BCUT2D eigenvalue weighted by Crippen LogP contribution is 2.35. The minimum absolute atomic E-state index is 0.824. The Morgan fingerprint density at radius 3 is 2.61 bits per heavy atom. The van der Waals surface area contributed by atoms with Crippen molar-refractivity contribution in [2.45, 2.75) is 64.7 Å². The second-order valence-electron chi connectivity index (χ2n) is 6.54. The number of ether oxygens (including phenoxy) is 1. The third-order valence-electron chi connectivity index (χ3n) is 4.56. The molecule has 0 unspecified atom stereocenters. The third-order valence-corrected chi connectivity index (χ3v) is 5.89. The zero-order chi connectivity index (χ0) is 16.8. The number of aliphatic carboxylic acids is 1. The SMILES string of the molecule is CCCCCCOCC[C@@H]1CSC[C@@H]1CCCCC=CC(=O)O. The standard InChI is InChI=1S/C19H34O3S/c1-2-3-4-9-13-22-14-12-18-16-23-15-17(18)10-7-5-6-8-11-19(20)21/h8,11,17-18H,2-7,9-10,12-16H2,1H3,(H,20,21)/t17-,18+/m0/s1. The maximum atomic E-state index is 10.4. The van der Waals surface area contributed by atoms with Crippen LogP contribution in [-0.4, -0.2) is 35.8 Å². The van der Waals surface area contributed by atoms with Gasteiger partial charge in [-0.05, 0) is 55.4 Å². The number of unbranched alkanes of at least 4 members (excludes halogenated alkanes) is 5. The van der Waals surface area contributed by atoms with Gasteiger partial charge in [0.15, 0.2) is 0 Å². The van der Waals surface area contributed by atoms with Crippen LogP contribution in [0.15, 0.2) is 12.2 Å². The average Bonchev–Trinajstić information content (AvgIpc) is 2.97. The Kier molecular flexibility index (Phi) is 12.4. The van der Waals surface area contributed by atoms with Crippen molar-refractivity contribution in [3.8, 4) is 0 Å². The van der Waals surface area contributed by atoms with E-state index in [1.807, 2.05) is 0 Å². The fourth-order valence-electron chi connectivity index (χ4n) is 3.10. The molecule has 1 aliphatic rings. The lowest BCUT2D eigenvalue weighted by atomic mass is 9.88. The Balaban J connectivity index is 2.01. The number of thioether (sulfide) groups is 1. The summed E-state index contributed by atoms with van der Waals surface area (Å²) in [6.07, 6.45) is 13.8. The van der Waals surface area contributed by atoms with E-state index < -0.39 is 5.97 Å². The molecule has 0 aliphatic carbocycles. The summed E-state index contributed by atoms with van der Waals surface area (Å²) >= 11 is 2.09. The summed E-state index contributed by atoms with van der Waals surface area (Å²) in [6.45, 7) is 4.09. The maximum Gasteiger partial charge on any atom is 0.327 e. The molecule has 0 aromatic carbocycles. The summed E-state index contributed by atoms with van der Waals surface area (Å²) in [5, 5.41) is 8.54. The van der Waals surface area contributed by atoms with Gasteiger partial charge in [0, 0.05) is 19.3 Å². The Hall–Kier alpha value is -0.480. The first-order chi connectivity index (χ1) is 11.2.